The van der Waals surface area contributed by atoms with Crippen LogP contribution in [0.5, 0.6) is 0 Å². The summed E-state index contributed by atoms with van der Waals surface area (Å²) in [6, 6.07) is 0. The molecule has 76 valence electrons. The molecular weight excluding hydrogens is 172 g/mol. The molecule has 0 amide bonds. The summed E-state index contributed by atoms with van der Waals surface area (Å²) in [6.07, 6.45) is 2.74. The number of hydrogen-bond acceptors (Lipinski definition) is 1. The minimum atomic E-state index is -2.12. The van der Waals surface area contributed by atoms with Crippen LogP contribution in [0.15, 0.2) is 0 Å². The van der Waals surface area contributed by atoms with Gasteiger partial charge in [-0.05, 0) is 50.5 Å². The molecule has 3 aliphatic rings. The van der Waals surface area contributed by atoms with Gasteiger partial charge in [-0.1, -0.05) is 0 Å². The van der Waals surface area contributed by atoms with Gasteiger partial charge in [0, 0.05) is 5.41 Å². The highest BCUT2D eigenvalue weighted by Crippen LogP contribution is 2.58. The lowest BCUT2D eigenvalue weighted by Crippen LogP contribution is -2.48. The number of rotatable bonds is 2. The second-order valence-corrected chi connectivity index (χ2v) is 4.87. The third-order valence-corrected chi connectivity index (χ3v) is 4.36. The molecule has 0 atom stereocenters. The van der Waals surface area contributed by atoms with Gasteiger partial charge in [0.1, 0.15) is 0 Å². The van der Waals surface area contributed by atoms with Gasteiger partial charge in [0.05, 0.1) is 0 Å². The minimum Gasteiger partial charge on any atom is -0.330 e. The molecule has 0 aromatic carbocycles. The fourth-order valence-electron chi connectivity index (χ4n) is 2.93. The molecule has 0 aromatic heterocycles. The van der Waals surface area contributed by atoms with Crippen LogP contribution in [0.25, 0.3) is 0 Å². The van der Waals surface area contributed by atoms with Crippen LogP contribution < -0.4 is 5.73 Å². The summed E-state index contributed by atoms with van der Waals surface area (Å²) in [6.45, 7) is 0.687. The average Bonchev–Trinajstić information content (AvgIpc) is 2.20. The van der Waals surface area contributed by atoms with E-state index in [-0.39, 0.29) is 5.41 Å². The van der Waals surface area contributed by atoms with Crippen LogP contribution in [-0.4, -0.2) is 13.0 Å². The predicted molar refractivity (Wildman–Crippen MR) is 47.6 cm³/mol. The zero-order chi connectivity index (χ0) is 9.53. The first-order valence-electron chi connectivity index (χ1n) is 5.11. The van der Waals surface area contributed by atoms with Crippen molar-refractivity contribution in [1.82, 2.24) is 0 Å². The molecule has 0 saturated heterocycles. The number of halogens is 2. The van der Waals surface area contributed by atoms with Crippen molar-refractivity contribution >= 4 is 0 Å². The lowest BCUT2D eigenvalue weighted by molar-refractivity contribution is -0.103. The largest absolute Gasteiger partial charge is 0.330 e. The van der Waals surface area contributed by atoms with Gasteiger partial charge in [0.15, 0.2) is 0 Å². The van der Waals surface area contributed by atoms with Crippen LogP contribution in [0.1, 0.15) is 38.5 Å². The van der Waals surface area contributed by atoms with Crippen molar-refractivity contribution in [2.75, 3.05) is 6.54 Å². The van der Waals surface area contributed by atoms with E-state index in [2.05, 4.69) is 0 Å². The molecule has 3 heteroatoms. The molecule has 2 bridgehead atoms. The van der Waals surface area contributed by atoms with E-state index in [1.165, 1.54) is 0 Å². The monoisotopic (exact) mass is 189 g/mol. The number of fused-ring (bicyclic) bond motifs is 3. The van der Waals surface area contributed by atoms with Crippen molar-refractivity contribution in [3.05, 3.63) is 0 Å². The van der Waals surface area contributed by atoms with Gasteiger partial charge < -0.3 is 5.73 Å². The first-order chi connectivity index (χ1) is 6.13. The molecule has 0 aliphatic heterocycles. The van der Waals surface area contributed by atoms with Crippen molar-refractivity contribution < 1.29 is 8.78 Å². The Balaban J connectivity index is 2.11. The number of nitrogens with two attached hydrogens (primary N) is 1. The van der Waals surface area contributed by atoms with Crippen molar-refractivity contribution in [3.8, 4) is 0 Å². The highest BCUT2D eigenvalue weighted by atomic mass is 19.3. The Kier molecular flexibility index (Phi) is 2.10. The quantitative estimate of drug-likeness (QED) is 0.709. The Labute approximate surface area is 77.7 Å². The maximum Gasteiger partial charge on any atom is 0.244 e. The first kappa shape index (κ1) is 9.38. The second-order valence-electron chi connectivity index (χ2n) is 4.87. The van der Waals surface area contributed by atoms with E-state index in [0.717, 1.165) is 19.3 Å². The molecule has 0 unspecified atom stereocenters. The molecule has 3 fully saturated rings. The van der Waals surface area contributed by atoms with E-state index in [1.54, 1.807) is 0 Å². The minimum absolute atomic E-state index is 0.233. The smallest absolute Gasteiger partial charge is 0.244 e. The summed E-state index contributed by atoms with van der Waals surface area (Å²) in [7, 11) is 0. The van der Waals surface area contributed by atoms with Gasteiger partial charge in [-0.2, -0.15) is 0 Å². The topological polar surface area (TPSA) is 26.0 Å². The summed E-state index contributed by atoms with van der Waals surface area (Å²) in [5, 5.41) is 0. The van der Waals surface area contributed by atoms with Crippen molar-refractivity contribution in [1.29, 1.82) is 0 Å². The summed E-state index contributed by atoms with van der Waals surface area (Å²) in [5.41, 5.74) is 5.31. The van der Waals surface area contributed by atoms with Gasteiger partial charge in [0.2, 0.25) is 6.43 Å². The fourth-order valence-corrected chi connectivity index (χ4v) is 2.93. The SMILES string of the molecule is NCC12CCC(C(F)F)(CC1)CC2. The molecule has 3 rings (SSSR count). The average molecular weight is 189 g/mol. The maximum atomic E-state index is 12.8. The fraction of sp³-hybridized carbons (Fsp3) is 1.00. The molecular formula is C10H17F2N. The third kappa shape index (κ3) is 1.28. The van der Waals surface area contributed by atoms with E-state index in [1.807, 2.05) is 0 Å². The zero-order valence-corrected chi connectivity index (χ0v) is 7.86. The molecule has 2 N–H and O–H groups in total. The molecule has 0 heterocycles. The second kappa shape index (κ2) is 2.91. The van der Waals surface area contributed by atoms with Crippen LogP contribution in [0, 0.1) is 10.8 Å². The van der Waals surface area contributed by atoms with Crippen LogP contribution >= 0.6 is 0 Å². The molecule has 0 aromatic rings. The Morgan fingerprint density at radius 1 is 1.00 bits per heavy atom. The normalized spacial score (nSPS) is 44.3. The van der Waals surface area contributed by atoms with E-state index in [4.69, 9.17) is 5.73 Å². The summed E-state index contributed by atoms with van der Waals surface area (Å²) < 4.78 is 25.6. The maximum absolute atomic E-state index is 12.8. The molecule has 0 radical (unpaired) electrons. The predicted octanol–water partition coefficient (Wildman–Crippen LogP) is 2.55. The van der Waals surface area contributed by atoms with Crippen LogP contribution in [-0.2, 0) is 0 Å². The summed E-state index contributed by atoms with van der Waals surface area (Å²) in [5.74, 6) is 0. The van der Waals surface area contributed by atoms with Gasteiger partial charge >= 0.3 is 0 Å². The van der Waals surface area contributed by atoms with E-state index in [9.17, 15) is 8.78 Å². The van der Waals surface area contributed by atoms with E-state index in [0.29, 0.717) is 25.8 Å². The van der Waals surface area contributed by atoms with E-state index < -0.39 is 11.8 Å². The van der Waals surface area contributed by atoms with Crippen LogP contribution in [0.4, 0.5) is 8.78 Å². The van der Waals surface area contributed by atoms with Gasteiger partial charge in [-0.25, -0.2) is 8.78 Å². The molecule has 0 spiro atoms. The molecule has 1 nitrogen and oxygen atoms in total. The van der Waals surface area contributed by atoms with Crippen molar-refractivity contribution in [2.24, 2.45) is 16.6 Å². The standard InChI is InChI=1S/C10H17F2N/c11-8(12)10-4-1-9(7-13,2-5-10)3-6-10/h8H,1-7,13H2. The molecule has 3 aliphatic carbocycles. The van der Waals surface area contributed by atoms with Gasteiger partial charge in [-0.3, -0.25) is 0 Å². The Hall–Kier alpha value is -0.180. The van der Waals surface area contributed by atoms with Crippen molar-refractivity contribution in [2.45, 2.75) is 45.0 Å². The van der Waals surface area contributed by atoms with Gasteiger partial charge in [-0.15, -0.1) is 0 Å². The van der Waals surface area contributed by atoms with Crippen LogP contribution in [0.2, 0.25) is 0 Å². The lowest BCUT2D eigenvalue weighted by Gasteiger charge is -2.52. The lowest BCUT2D eigenvalue weighted by atomic mass is 9.54. The summed E-state index contributed by atoms with van der Waals surface area (Å²) >= 11 is 0. The van der Waals surface area contributed by atoms with Crippen molar-refractivity contribution in [3.63, 3.8) is 0 Å². The van der Waals surface area contributed by atoms with Gasteiger partial charge in [0.25, 0.3) is 0 Å². The summed E-state index contributed by atoms with van der Waals surface area (Å²) in [4.78, 5) is 0. The highest BCUT2D eigenvalue weighted by molar-refractivity contribution is 5.00. The first-order valence-corrected chi connectivity index (χ1v) is 5.11. The molecule has 13 heavy (non-hydrogen) atoms. The number of alkyl halides is 2. The zero-order valence-electron chi connectivity index (χ0n) is 7.86. The number of hydrogen-bond donors (Lipinski definition) is 1. The third-order valence-electron chi connectivity index (χ3n) is 4.36. The molecule has 3 saturated carbocycles. The Morgan fingerprint density at radius 2 is 1.46 bits per heavy atom. The Bertz CT molecular complexity index is 179. The van der Waals surface area contributed by atoms with Crippen LogP contribution in [0.3, 0.4) is 0 Å². The highest BCUT2D eigenvalue weighted by Gasteiger charge is 2.52. The Morgan fingerprint density at radius 3 is 1.77 bits per heavy atom. The van der Waals surface area contributed by atoms with E-state index >= 15 is 0 Å².